The van der Waals surface area contributed by atoms with E-state index in [0.29, 0.717) is 12.5 Å². The fraction of sp³-hybridized carbons (Fsp3) is 0.231. The summed E-state index contributed by atoms with van der Waals surface area (Å²) in [5.41, 5.74) is 1.84. The zero-order chi connectivity index (χ0) is 13.2. The van der Waals surface area contributed by atoms with E-state index in [0.717, 1.165) is 17.1 Å². The number of hydroxylamine groups is 2. The zero-order valence-electron chi connectivity index (χ0n) is 10.8. The van der Waals surface area contributed by atoms with Crippen LogP contribution in [0.3, 0.4) is 0 Å². The van der Waals surface area contributed by atoms with Gasteiger partial charge in [0.1, 0.15) is 12.5 Å². The summed E-state index contributed by atoms with van der Waals surface area (Å²) in [6, 6.07) is 3.77. The molecule has 3 heterocycles. The number of imidazole rings is 1. The monoisotopic (exact) mass is 258 g/mol. The van der Waals surface area contributed by atoms with E-state index in [1.807, 2.05) is 35.2 Å². The van der Waals surface area contributed by atoms with Gasteiger partial charge in [-0.3, -0.25) is 4.84 Å². The van der Waals surface area contributed by atoms with Gasteiger partial charge in [-0.15, -0.1) is 0 Å². The fourth-order valence-corrected chi connectivity index (χ4v) is 1.93. The van der Waals surface area contributed by atoms with Crippen LogP contribution >= 0.6 is 0 Å². The van der Waals surface area contributed by atoms with E-state index in [4.69, 9.17) is 9.57 Å². The van der Waals surface area contributed by atoms with Gasteiger partial charge in [-0.05, 0) is 12.1 Å². The predicted octanol–water partition coefficient (Wildman–Crippen LogP) is 1.76. The lowest BCUT2D eigenvalue weighted by Gasteiger charge is -2.21. The van der Waals surface area contributed by atoms with Crippen LogP contribution in [0.4, 0.5) is 0 Å². The number of aromatic nitrogens is 3. The molecule has 0 radical (unpaired) electrons. The van der Waals surface area contributed by atoms with E-state index in [1.54, 1.807) is 25.5 Å². The molecule has 0 saturated heterocycles. The van der Waals surface area contributed by atoms with Gasteiger partial charge in [-0.2, -0.15) is 0 Å². The normalized spacial score (nSPS) is 13.5. The van der Waals surface area contributed by atoms with Gasteiger partial charge >= 0.3 is 0 Å². The number of methoxy groups -OCH3 is 1. The maximum absolute atomic E-state index is 5.16. The predicted molar refractivity (Wildman–Crippen MR) is 69.9 cm³/mol. The van der Waals surface area contributed by atoms with Gasteiger partial charge in [0.05, 0.1) is 19.9 Å². The summed E-state index contributed by atoms with van der Waals surface area (Å²) < 4.78 is 7.06. The Morgan fingerprint density at radius 2 is 2.16 bits per heavy atom. The number of fused-ring (bicyclic) bond motifs is 1. The molecule has 2 aromatic heterocycles. The molecule has 0 atom stereocenters. The van der Waals surface area contributed by atoms with Crippen LogP contribution in [0.15, 0.2) is 30.7 Å². The van der Waals surface area contributed by atoms with Crippen molar-refractivity contribution in [1.29, 1.82) is 0 Å². The van der Waals surface area contributed by atoms with Gasteiger partial charge in [-0.1, -0.05) is 0 Å². The van der Waals surface area contributed by atoms with Gasteiger partial charge in [-0.25, -0.2) is 15.0 Å². The quantitative estimate of drug-likeness (QED) is 0.839. The number of rotatable bonds is 3. The standard InChI is InChI=1S/C13H14N4O2/c1-18-13-4-3-10(7-14-13)11-8-16-9-17(19-2)6-5-12(16)15-11/h3-8H,9H2,1-2H3. The lowest BCUT2D eigenvalue weighted by Crippen LogP contribution is -2.23. The lowest BCUT2D eigenvalue weighted by molar-refractivity contribution is -0.112. The molecular formula is C13H14N4O2. The van der Waals surface area contributed by atoms with E-state index < -0.39 is 0 Å². The molecule has 19 heavy (non-hydrogen) atoms. The Kier molecular flexibility index (Phi) is 2.92. The summed E-state index contributed by atoms with van der Waals surface area (Å²) in [7, 11) is 3.24. The largest absolute Gasteiger partial charge is 0.481 e. The first-order valence-corrected chi connectivity index (χ1v) is 5.86. The molecule has 0 fully saturated rings. The molecule has 98 valence electrons. The molecule has 0 aliphatic carbocycles. The lowest BCUT2D eigenvalue weighted by atomic mass is 10.2. The van der Waals surface area contributed by atoms with Crippen molar-refractivity contribution >= 4 is 6.08 Å². The van der Waals surface area contributed by atoms with Crippen molar-refractivity contribution in [1.82, 2.24) is 19.6 Å². The number of hydrogen-bond donors (Lipinski definition) is 0. The van der Waals surface area contributed by atoms with Crippen LogP contribution in [-0.4, -0.2) is 33.8 Å². The van der Waals surface area contributed by atoms with Crippen LogP contribution in [0, 0.1) is 0 Å². The summed E-state index contributed by atoms with van der Waals surface area (Å²) in [4.78, 5) is 13.9. The third-order valence-corrected chi connectivity index (χ3v) is 2.96. The average Bonchev–Trinajstić information content (AvgIpc) is 2.90. The van der Waals surface area contributed by atoms with Crippen molar-refractivity contribution in [3.8, 4) is 17.1 Å². The molecule has 0 aromatic carbocycles. The van der Waals surface area contributed by atoms with E-state index in [2.05, 4.69) is 9.97 Å². The van der Waals surface area contributed by atoms with Crippen LogP contribution in [-0.2, 0) is 11.5 Å². The molecule has 1 aliphatic rings. The average molecular weight is 258 g/mol. The van der Waals surface area contributed by atoms with Gasteiger partial charge in [0.2, 0.25) is 5.88 Å². The minimum atomic E-state index is 0.596. The Balaban J connectivity index is 1.91. The molecule has 1 aliphatic heterocycles. The zero-order valence-corrected chi connectivity index (χ0v) is 10.8. The highest BCUT2D eigenvalue weighted by atomic mass is 16.7. The number of hydrogen-bond acceptors (Lipinski definition) is 5. The van der Waals surface area contributed by atoms with Crippen LogP contribution in [0.2, 0.25) is 0 Å². The van der Waals surface area contributed by atoms with Gasteiger partial charge < -0.3 is 9.30 Å². The first kappa shape index (κ1) is 11.7. The van der Waals surface area contributed by atoms with E-state index in [-0.39, 0.29) is 0 Å². The maximum Gasteiger partial charge on any atom is 0.212 e. The molecule has 0 unspecified atom stereocenters. The van der Waals surface area contributed by atoms with E-state index in [1.165, 1.54) is 0 Å². The molecule has 0 saturated carbocycles. The molecular weight excluding hydrogens is 244 g/mol. The van der Waals surface area contributed by atoms with E-state index in [9.17, 15) is 0 Å². The smallest absolute Gasteiger partial charge is 0.212 e. The Hall–Kier alpha value is -2.34. The number of pyridine rings is 1. The van der Waals surface area contributed by atoms with Crippen LogP contribution in [0.5, 0.6) is 5.88 Å². The van der Waals surface area contributed by atoms with Gasteiger partial charge in [0.15, 0.2) is 0 Å². The molecule has 3 rings (SSSR count). The molecule has 6 nitrogen and oxygen atoms in total. The molecule has 0 spiro atoms. The third-order valence-electron chi connectivity index (χ3n) is 2.96. The van der Waals surface area contributed by atoms with Crippen molar-refractivity contribution in [3.05, 3.63) is 36.6 Å². The molecule has 2 aromatic rings. The maximum atomic E-state index is 5.16. The van der Waals surface area contributed by atoms with Crippen LogP contribution < -0.4 is 4.74 Å². The van der Waals surface area contributed by atoms with E-state index >= 15 is 0 Å². The van der Waals surface area contributed by atoms with Crippen molar-refractivity contribution in [2.75, 3.05) is 14.2 Å². The molecule has 0 N–H and O–H groups in total. The summed E-state index contributed by atoms with van der Waals surface area (Å²) in [5.74, 6) is 1.50. The summed E-state index contributed by atoms with van der Waals surface area (Å²) in [6.07, 6.45) is 7.51. The highest BCUT2D eigenvalue weighted by molar-refractivity contribution is 5.60. The second-order valence-corrected chi connectivity index (χ2v) is 4.10. The van der Waals surface area contributed by atoms with Crippen LogP contribution in [0.1, 0.15) is 5.82 Å². The molecule has 6 heteroatoms. The highest BCUT2D eigenvalue weighted by Crippen LogP contribution is 2.22. The topological polar surface area (TPSA) is 52.4 Å². The van der Waals surface area contributed by atoms with Gasteiger partial charge in [0.25, 0.3) is 0 Å². The van der Waals surface area contributed by atoms with Crippen molar-refractivity contribution < 1.29 is 9.57 Å². The number of ether oxygens (including phenoxy) is 1. The Morgan fingerprint density at radius 1 is 1.26 bits per heavy atom. The van der Waals surface area contributed by atoms with Crippen molar-refractivity contribution in [2.24, 2.45) is 0 Å². The second kappa shape index (κ2) is 4.74. The first-order valence-electron chi connectivity index (χ1n) is 5.86. The van der Waals surface area contributed by atoms with Crippen LogP contribution in [0.25, 0.3) is 17.3 Å². The van der Waals surface area contributed by atoms with Crippen molar-refractivity contribution in [3.63, 3.8) is 0 Å². The SMILES string of the molecule is COc1ccc(-c2cn3c(n2)C=CN(OC)C3)cn1. The third kappa shape index (κ3) is 2.17. The Morgan fingerprint density at radius 3 is 2.84 bits per heavy atom. The fourth-order valence-electron chi connectivity index (χ4n) is 1.93. The Bertz CT molecular complexity index is 604. The summed E-state index contributed by atoms with van der Waals surface area (Å²) in [5, 5.41) is 1.73. The second-order valence-electron chi connectivity index (χ2n) is 4.10. The molecule has 0 bridgehead atoms. The highest BCUT2D eigenvalue weighted by Gasteiger charge is 2.13. The minimum Gasteiger partial charge on any atom is -0.481 e. The van der Waals surface area contributed by atoms with Gasteiger partial charge in [0, 0.05) is 30.2 Å². The minimum absolute atomic E-state index is 0.596. The number of nitrogens with zero attached hydrogens (tertiary/aromatic N) is 4. The Labute approximate surface area is 110 Å². The summed E-state index contributed by atoms with van der Waals surface area (Å²) >= 11 is 0. The first-order chi connectivity index (χ1) is 9.30. The summed E-state index contributed by atoms with van der Waals surface area (Å²) in [6.45, 7) is 0.624. The molecule has 0 amide bonds. The van der Waals surface area contributed by atoms with Crippen molar-refractivity contribution in [2.45, 2.75) is 6.67 Å².